The van der Waals surface area contributed by atoms with E-state index in [9.17, 15) is 0 Å². The molecule has 5 heteroatoms. The molecule has 0 saturated heterocycles. The summed E-state index contributed by atoms with van der Waals surface area (Å²) in [5.41, 5.74) is 0. The van der Waals surface area contributed by atoms with Crippen molar-refractivity contribution in [2.24, 2.45) is 10.9 Å². The van der Waals surface area contributed by atoms with E-state index in [4.69, 9.17) is 0 Å². The molecule has 0 radical (unpaired) electrons. The lowest BCUT2D eigenvalue weighted by molar-refractivity contribution is 0.681. The highest BCUT2D eigenvalue weighted by Crippen LogP contribution is 2.31. The van der Waals surface area contributed by atoms with Crippen molar-refractivity contribution in [2.75, 3.05) is 19.6 Å². The number of nitrogens with zero attached hydrogens (tertiary/aromatic N) is 1. The Labute approximate surface area is 143 Å². The molecule has 1 unspecified atom stereocenters. The first-order valence-electron chi connectivity index (χ1n) is 7.35. The second-order valence-corrected chi connectivity index (χ2v) is 6.27. The van der Waals surface area contributed by atoms with Crippen LogP contribution in [0.1, 0.15) is 43.9 Å². The van der Waals surface area contributed by atoms with E-state index in [2.05, 4.69) is 47.0 Å². The first kappa shape index (κ1) is 17.8. The number of halogens is 1. The summed E-state index contributed by atoms with van der Waals surface area (Å²) < 4.78 is 0. The van der Waals surface area contributed by atoms with Gasteiger partial charge in [-0.25, -0.2) is 0 Å². The van der Waals surface area contributed by atoms with Gasteiger partial charge in [-0.05, 0) is 30.7 Å². The standard InChI is InChI=1S/C15H25N3S.HI/c1-3-16-15(17-9-8-13-6-7-13)18-11-12(2)14-5-4-10-19-14;/h4-5,10,12-13H,3,6-9,11H2,1-2H3,(H2,16,17,18);1H. The number of hydrogen-bond acceptors (Lipinski definition) is 2. The molecule has 0 aliphatic heterocycles. The van der Waals surface area contributed by atoms with Crippen LogP contribution in [0.25, 0.3) is 0 Å². The third kappa shape index (κ3) is 6.43. The zero-order chi connectivity index (χ0) is 13.5. The van der Waals surface area contributed by atoms with Crippen molar-refractivity contribution in [3.8, 4) is 0 Å². The van der Waals surface area contributed by atoms with Gasteiger partial charge in [-0.15, -0.1) is 35.3 Å². The quantitative estimate of drug-likeness (QED) is 0.410. The Morgan fingerprint density at radius 3 is 2.85 bits per heavy atom. The summed E-state index contributed by atoms with van der Waals surface area (Å²) in [7, 11) is 0. The van der Waals surface area contributed by atoms with Gasteiger partial charge < -0.3 is 10.6 Å². The van der Waals surface area contributed by atoms with Crippen molar-refractivity contribution in [2.45, 2.75) is 39.0 Å². The summed E-state index contributed by atoms with van der Waals surface area (Å²) >= 11 is 1.82. The summed E-state index contributed by atoms with van der Waals surface area (Å²) in [4.78, 5) is 6.10. The van der Waals surface area contributed by atoms with Crippen LogP contribution in [0.2, 0.25) is 0 Å². The number of hydrogen-bond donors (Lipinski definition) is 2. The number of aliphatic imine (C=N–C) groups is 1. The highest BCUT2D eigenvalue weighted by atomic mass is 127. The number of guanidine groups is 1. The third-order valence-corrected chi connectivity index (χ3v) is 4.54. The van der Waals surface area contributed by atoms with Gasteiger partial charge in [0.25, 0.3) is 0 Å². The molecule has 0 spiro atoms. The fourth-order valence-electron chi connectivity index (χ4n) is 2.03. The maximum absolute atomic E-state index is 4.69. The van der Waals surface area contributed by atoms with Crippen molar-refractivity contribution in [1.29, 1.82) is 0 Å². The highest BCUT2D eigenvalue weighted by molar-refractivity contribution is 14.0. The second kappa shape index (κ2) is 9.60. The third-order valence-electron chi connectivity index (χ3n) is 3.44. The van der Waals surface area contributed by atoms with Crippen LogP contribution in [-0.4, -0.2) is 25.6 Å². The first-order valence-corrected chi connectivity index (χ1v) is 8.23. The second-order valence-electron chi connectivity index (χ2n) is 5.29. The van der Waals surface area contributed by atoms with E-state index in [0.29, 0.717) is 5.92 Å². The smallest absolute Gasteiger partial charge is 0.191 e. The molecular weight excluding hydrogens is 381 g/mol. The normalized spacial score (nSPS) is 16.4. The first-order chi connectivity index (χ1) is 9.29. The van der Waals surface area contributed by atoms with Gasteiger partial charge in [0.2, 0.25) is 0 Å². The Kier molecular flexibility index (Phi) is 8.52. The minimum atomic E-state index is 0. The molecule has 2 rings (SSSR count). The fraction of sp³-hybridized carbons (Fsp3) is 0.667. The van der Waals surface area contributed by atoms with Crippen LogP contribution in [0.15, 0.2) is 22.5 Å². The molecule has 20 heavy (non-hydrogen) atoms. The van der Waals surface area contributed by atoms with E-state index in [1.165, 1.54) is 24.1 Å². The van der Waals surface area contributed by atoms with Crippen LogP contribution >= 0.6 is 35.3 Å². The Hall–Kier alpha value is -0.300. The summed E-state index contributed by atoms with van der Waals surface area (Å²) in [5.74, 6) is 2.44. The maximum atomic E-state index is 4.69. The van der Waals surface area contributed by atoms with Crippen molar-refractivity contribution in [1.82, 2.24) is 10.6 Å². The van der Waals surface area contributed by atoms with Crippen LogP contribution in [0.5, 0.6) is 0 Å². The Bertz CT molecular complexity index is 388. The van der Waals surface area contributed by atoms with E-state index >= 15 is 0 Å². The van der Waals surface area contributed by atoms with Gasteiger partial charge in [0.1, 0.15) is 0 Å². The van der Waals surface area contributed by atoms with Crippen molar-refractivity contribution in [3.05, 3.63) is 22.4 Å². The van der Waals surface area contributed by atoms with Crippen LogP contribution in [0.3, 0.4) is 0 Å². The fourth-order valence-corrected chi connectivity index (χ4v) is 2.81. The molecule has 0 aromatic carbocycles. The predicted octanol–water partition coefficient (Wildman–Crippen LogP) is 3.82. The molecule has 1 heterocycles. The topological polar surface area (TPSA) is 36.4 Å². The van der Waals surface area contributed by atoms with Crippen molar-refractivity contribution < 1.29 is 0 Å². The molecule has 1 aromatic heterocycles. The van der Waals surface area contributed by atoms with Gasteiger partial charge >= 0.3 is 0 Å². The minimum absolute atomic E-state index is 0. The molecule has 3 nitrogen and oxygen atoms in total. The summed E-state index contributed by atoms with van der Waals surface area (Å²) in [6, 6.07) is 4.30. The number of rotatable bonds is 7. The molecular formula is C15H26IN3S. The van der Waals surface area contributed by atoms with Crippen molar-refractivity contribution in [3.63, 3.8) is 0 Å². The number of nitrogens with one attached hydrogen (secondary N) is 2. The van der Waals surface area contributed by atoms with Crippen LogP contribution in [0, 0.1) is 5.92 Å². The van der Waals surface area contributed by atoms with Crippen LogP contribution in [-0.2, 0) is 0 Å². The van der Waals surface area contributed by atoms with Crippen molar-refractivity contribution >= 4 is 41.3 Å². The summed E-state index contributed by atoms with van der Waals surface area (Å²) in [6.45, 7) is 7.16. The van der Waals surface area contributed by atoms with Crippen LogP contribution in [0.4, 0.5) is 0 Å². The lowest BCUT2D eigenvalue weighted by atomic mass is 10.1. The number of thiophene rings is 1. The zero-order valence-corrected chi connectivity index (χ0v) is 15.5. The van der Waals surface area contributed by atoms with Gasteiger partial charge in [-0.1, -0.05) is 25.8 Å². The van der Waals surface area contributed by atoms with E-state index in [0.717, 1.165) is 31.5 Å². The van der Waals surface area contributed by atoms with Gasteiger partial charge in [0, 0.05) is 23.9 Å². The molecule has 1 fully saturated rings. The lowest BCUT2D eigenvalue weighted by Gasteiger charge is -2.12. The Morgan fingerprint density at radius 2 is 2.25 bits per heavy atom. The molecule has 1 atom stereocenters. The van der Waals surface area contributed by atoms with Gasteiger partial charge in [0.15, 0.2) is 5.96 Å². The lowest BCUT2D eigenvalue weighted by Crippen LogP contribution is -2.38. The summed E-state index contributed by atoms with van der Waals surface area (Å²) in [5, 5.41) is 8.89. The highest BCUT2D eigenvalue weighted by Gasteiger charge is 2.20. The molecule has 1 aromatic rings. The Balaban J connectivity index is 0.00000200. The van der Waals surface area contributed by atoms with E-state index in [1.54, 1.807) is 0 Å². The predicted molar refractivity (Wildman–Crippen MR) is 99.5 cm³/mol. The van der Waals surface area contributed by atoms with Gasteiger partial charge in [-0.3, -0.25) is 4.99 Å². The Morgan fingerprint density at radius 1 is 1.45 bits per heavy atom. The van der Waals surface area contributed by atoms with E-state index in [-0.39, 0.29) is 24.0 Å². The zero-order valence-electron chi connectivity index (χ0n) is 12.4. The molecule has 114 valence electrons. The van der Waals surface area contributed by atoms with Gasteiger partial charge in [0.05, 0.1) is 6.54 Å². The summed E-state index contributed by atoms with van der Waals surface area (Å²) in [6.07, 6.45) is 4.13. The van der Waals surface area contributed by atoms with E-state index < -0.39 is 0 Å². The molecule has 0 amide bonds. The minimum Gasteiger partial charge on any atom is -0.357 e. The molecule has 1 aliphatic rings. The molecule has 0 bridgehead atoms. The average molecular weight is 407 g/mol. The van der Waals surface area contributed by atoms with E-state index in [1.807, 2.05) is 11.3 Å². The average Bonchev–Trinajstić information content (AvgIpc) is 3.06. The van der Waals surface area contributed by atoms with Crippen LogP contribution < -0.4 is 10.6 Å². The maximum Gasteiger partial charge on any atom is 0.191 e. The molecule has 1 aliphatic carbocycles. The van der Waals surface area contributed by atoms with Gasteiger partial charge in [-0.2, -0.15) is 0 Å². The molecule has 1 saturated carbocycles. The molecule has 2 N–H and O–H groups in total. The SMILES string of the molecule is CCNC(=NCC(C)c1cccs1)NCCC1CC1.I. The largest absolute Gasteiger partial charge is 0.357 e. The monoisotopic (exact) mass is 407 g/mol.